The second-order valence-electron chi connectivity index (χ2n) is 5.07. The summed E-state index contributed by atoms with van der Waals surface area (Å²) >= 11 is 0. The number of nitrogens with zero attached hydrogens (tertiary/aromatic N) is 1. The van der Waals surface area contributed by atoms with E-state index in [0.717, 1.165) is 0 Å². The Kier molecular flexibility index (Phi) is 7.83. The lowest BCUT2D eigenvalue weighted by Gasteiger charge is -2.13. The van der Waals surface area contributed by atoms with Crippen LogP contribution in [0.3, 0.4) is 0 Å². The van der Waals surface area contributed by atoms with E-state index in [1.807, 2.05) is 0 Å². The molecule has 1 atom stereocenters. The number of rotatable bonds is 11. The third kappa shape index (κ3) is 7.29. The van der Waals surface area contributed by atoms with Crippen molar-refractivity contribution in [3.8, 4) is 5.75 Å². The van der Waals surface area contributed by atoms with Gasteiger partial charge in [0.25, 0.3) is 0 Å². The summed E-state index contributed by atoms with van der Waals surface area (Å²) in [6.07, 6.45) is -0.443. The van der Waals surface area contributed by atoms with Crippen molar-refractivity contribution in [1.82, 2.24) is 5.32 Å². The van der Waals surface area contributed by atoms with Crippen molar-refractivity contribution in [1.29, 1.82) is 0 Å². The summed E-state index contributed by atoms with van der Waals surface area (Å²) < 4.78 is 5.26. The molecule has 0 aliphatic heterocycles. The lowest BCUT2D eigenvalue weighted by atomic mass is 10.1. The van der Waals surface area contributed by atoms with Crippen LogP contribution >= 0.6 is 0 Å². The second-order valence-corrected chi connectivity index (χ2v) is 5.07. The minimum Gasteiger partial charge on any atom is -0.487 e. The molecule has 136 valence electrons. The second kappa shape index (κ2) is 9.85. The number of carbonyl (C=O) groups excluding carboxylic acids is 1. The molecule has 0 heterocycles. The summed E-state index contributed by atoms with van der Waals surface area (Å²) in [6.45, 7) is 0.0329. The number of carboxylic acid groups (broad SMARTS) is 2. The molecule has 1 amide bonds. The maximum absolute atomic E-state index is 11.7. The minimum absolute atomic E-state index is 0.0329. The molecule has 3 N–H and O–H groups in total. The number of benzene rings is 1. The molecule has 1 aromatic carbocycles. The van der Waals surface area contributed by atoms with Crippen LogP contribution in [0, 0.1) is 10.1 Å². The van der Waals surface area contributed by atoms with Crippen LogP contribution in [0.4, 0.5) is 5.69 Å². The Morgan fingerprint density at radius 1 is 1.20 bits per heavy atom. The lowest BCUT2D eigenvalue weighted by Crippen LogP contribution is -2.41. The highest BCUT2D eigenvalue weighted by Gasteiger charge is 2.20. The smallest absolute Gasteiger partial charge is 0.326 e. The monoisotopic (exact) mass is 354 g/mol. The molecule has 0 aliphatic rings. The zero-order valence-corrected chi connectivity index (χ0v) is 13.2. The Labute approximate surface area is 142 Å². The molecule has 10 heteroatoms. The van der Waals surface area contributed by atoms with Gasteiger partial charge in [0.15, 0.2) is 5.75 Å². The summed E-state index contributed by atoms with van der Waals surface area (Å²) in [4.78, 5) is 43.4. The van der Waals surface area contributed by atoms with Crippen LogP contribution in [0.25, 0.3) is 0 Å². The topological polar surface area (TPSA) is 156 Å². The molecular formula is C15H18N2O8. The van der Waals surface area contributed by atoms with Crippen LogP contribution in [0.1, 0.15) is 25.7 Å². The Hall–Kier alpha value is -3.17. The van der Waals surface area contributed by atoms with Crippen LogP contribution in [0.15, 0.2) is 24.3 Å². The first-order valence-corrected chi connectivity index (χ1v) is 7.41. The number of ether oxygens (including phenoxy) is 1. The van der Waals surface area contributed by atoms with Crippen molar-refractivity contribution in [2.75, 3.05) is 6.61 Å². The molecular weight excluding hydrogens is 336 g/mol. The molecule has 1 unspecified atom stereocenters. The van der Waals surface area contributed by atoms with Gasteiger partial charge in [-0.25, -0.2) is 4.79 Å². The van der Waals surface area contributed by atoms with Crippen molar-refractivity contribution < 1.29 is 34.3 Å². The molecule has 25 heavy (non-hydrogen) atoms. The first-order chi connectivity index (χ1) is 11.8. The van der Waals surface area contributed by atoms with Crippen LogP contribution in [0.5, 0.6) is 5.75 Å². The van der Waals surface area contributed by atoms with E-state index in [9.17, 15) is 24.5 Å². The minimum atomic E-state index is -1.31. The van der Waals surface area contributed by atoms with Gasteiger partial charge in [0, 0.05) is 18.9 Å². The van der Waals surface area contributed by atoms with Gasteiger partial charge in [0.1, 0.15) is 6.04 Å². The molecule has 0 aromatic heterocycles. The molecule has 0 saturated carbocycles. The number of hydrogen-bond acceptors (Lipinski definition) is 6. The van der Waals surface area contributed by atoms with Crippen LogP contribution in [-0.2, 0) is 14.4 Å². The van der Waals surface area contributed by atoms with E-state index < -0.39 is 28.8 Å². The zero-order valence-electron chi connectivity index (χ0n) is 13.2. The van der Waals surface area contributed by atoms with Crippen LogP contribution in [0.2, 0.25) is 0 Å². The summed E-state index contributed by atoms with van der Waals surface area (Å²) in [5.74, 6) is -2.95. The first-order valence-electron chi connectivity index (χ1n) is 7.41. The van der Waals surface area contributed by atoms with Gasteiger partial charge in [0.05, 0.1) is 11.5 Å². The van der Waals surface area contributed by atoms with Gasteiger partial charge >= 0.3 is 17.6 Å². The Morgan fingerprint density at radius 3 is 2.48 bits per heavy atom. The number of amides is 1. The van der Waals surface area contributed by atoms with Crippen molar-refractivity contribution in [2.45, 2.75) is 31.7 Å². The largest absolute Gasteiger partial charge is 0.487 e. The number of carbonyl (C=O) groups is 3. The number of carboxylic acids is 2. The van der Waals surface area contributed by atoms with Gasteiger partial charge in [-0.05, 0) is 18.9 Å². The van der Waals surface area contributed by atoms with Crippen molar-refractivity contribution in [3.05, 3.63) is 34.4 Å². The van der Waals surface area contributed by atoms with Crippen molar-refractivity contribution >= 4 is 23.5 Å². The summed E-state index contributed by atoms with van der Waals surface area (Å²) in [7, 11) is 0. The van der Waals surface area contributed by atoms with E-state index in [4.69, 9.17) is 14.9 Å². The van der Waals surface area contributed by atoms with Gasteiger partial charge in [-0.1, -0.05) is 12.1 Å². The molecule has 0 fully saturated rings. The highest BCUT2D eigenvalue weighted by Crippen LogP contribution is 2.25. The average Bonchev–Trinajstić information content (AvgIpc) is 2.55. The van der Waals surface area contributed by atoms with Crippen LogP contribution < -0.4 is 10.1 Å². The van der Waals surface area contributed by atoms with E-state index in [1.165, 1.54) is 18.2 Å². The SMILES string of the molecule is O=C(O)CCC(NC(=O)CCCOc1ccccc1[N+](=O)[O-])C(=O)O. The number of nitrogens with one attached hydrogen (secondary N) is 1. The van der Waals surface area contributed by atoms with E-state index in [-0.39, 0.29) is 43.7 Å². The average molecular weight is 354 g/mol. The molecule has 10 nitrogen and oxygen atoms in total. The van der Waals surface area contributed by atoms with Crippen LogP contribution in [-0.4, -0.2) is 45.6 Å². The first kappa shape index (κ1) is 19.9. The highest BCUT2D eigenvalue weighted by atomic mass is 16.6. The third-order valence-electron chi connectivity index (χ3n) is 3.15. The zero-order chi connectivity index (χ0) is 18.8. The molecule has 1 aromatic rings. The summed E-state index contributed by atoms with van der Waals surface area (Å²) in [6, 6.07) is 4.53. The fraction of sp³-hybridized carbons (Fsp3) is 0.400. The van der Waals surface area contributed by atoms with E-state index in [2.05, 4.69) is 5.32 Å². The Balaban J connectivity index is 2.40. The van der Waals surface area contributed by atoms with E-state index >= 15 is 0 Å². The predicted molar refractivity (Wildman–Crippen MR) is 84.3 cm³/mol. The maximum Gasteiger partial charge on any atom is 0.326 e. The van der Waals surface area contributed by atoms with Crippen molar-refractivity contribution in [2.24, 2.45) is 0 Å². The number of nitro benzene ring substituents is 1. The fourth-order valence-electron chi connectivity index (χ4n) is 1.94. The van der Waals surface area contributed by atoms with Crippen molar-refractivity contribution in [3.63, 3.8) is 0 Å². The third-order valence-corrected chi connectivity index (χ3v) is 3.15. The number of nitro groups is 1. The number of hydrogen-bond donors (Lipinski definition) is 3. The normalized spacial score (nSPS) is 11.4. The van der Waals surface area contributed by atoms with Gasteiger partial charge < -0.3 is 20.3 Å². The molecule has 0 aliphatic carbocycles. The Bertz CT molecular complexity index is 646. The van der Waals surface area contributed by atoms with Gasteiger partial charge in [0.2, 0.25) is 5.91 Å². The maximum atomic E-state index is 11.7. The standard InChI is InChI=1S/C15H18N2O8/c18-13(16-10(15(21)22)7-8-14(19)20)6-3-9-25-12-5-2-1-4-11(12)17(23)24/h1-2,4-5,10H,3,6-9H2,(H,16,18)(H,19,20)(H,21,22). The fourth-order valence-corrected chi connectivity index (χ4v) is 1.94. The highest BCUT2D eigenvalue weighted by molar-refractivity contribution is 5.83. The quantitative estimate of drug-likeness (QED) is 0.304. The molecule has 0 spiro atoms. The van der Waals surface area contributed by atoms with E-state index in [1.54, 1.807) is 6.07 Å². The van der Waals surface area contributed by atoms with Gasteiger partial charge in [-0.15, -0.1) is 0 Å². The van der Waals surface area contributed by atoms with Gasteiger partial charge in [-0.3, -0.25) is 19.7 Å². The summed E-state index contributed by atoms with van der Waals surface area (Å²) in [5, 5.41) is 30.5. The van der Waals surface area contributed by atoms with E-state index in [0.29, 0.717) is 0 Å². The molecule has 0 saturated heterocycles. The summed E-state index contributed by atoms with van der Waals surface area (Å²) in [5.41, 5.74) is -0.188. The van der Waals surface area contributed by atoms with Gasteiger partial charge in [-0.2, -0.15) is 0 Å². The molecule has 0 bridgehead atoms. The number of aliphatic carboxylic acids is 2. The number of para-hydroxylation sites is 2. The molecule has 0 radical (unpaired) electrons. The lowest BCUT2D eigenvalue weighted by molar-refractivity contribution is -0.385. The Morgan fingerprint density at radius 2 is 1.88 bits per heavy atom. The molecule has 1 rings (SSSR count). The predicted octanol–water partition coefficient (Wildman–Crippen LogP) is 1.19.